The molecule has 0 fully saturated rings. The number of esters is 2. The molecule has 0 saturated heterocycles. The van der Waals surface area contributed by atoms with Crippen LogP contribution in [0.3, 0.4) is 0 Å². The Labute approximate surface area is 268 Å². The van der Waals surface area contributed by atoms with Crippen LogP contribution in [-0.2, 0) is 19.1 Å². The molecule has 0 N–H and O–H groups in total. The van der Waals surface area contributed by atoms with E-state index in [0.29, 0.717) is 41.6 Å². The van der Waals surface area contributed by atoms with Gasteiger partial charge in [-0.1, -0.05) is 35.9 Å². The second-order valence-electron chi connectivity index (χ2n) is 11.0. The van der Waals surface area contributed by atoms with Gasteiger partial charge in [0.15, 0.2) is 0 Å². The predicted molar refractivity (Wildman–Crippen MR) is 175 cm³/mol. The van der Waals surface area contributed by atoms with Crippen molar-refractivity contribution in [3.63, 3.8) is 0 Å². The highest BCUT2D eigenvalue weighted by Gasteiger charge is 2.42. The number of nitro benzene ring substituents is 1. The lowest BCUT2D eigenvalue weighted by Gasteiger charge is -2.31. The average molecular weight is 627 g/mol. The van der Waals surface area contributed by atoms with Crippen molar-refractivity contribution >= 4 is 29.4 Å². The standard InChI is InChI=1S/C35H38N4O7/c1-6-44-34(40)31-24(3)37-25(4)32(33(31)27-9-7-10-28(20-27)39(42)43)35(41)45-18-17-38(5)22-23(2)19-26-12-14-29(15-13-26)46-30-11-8-16-36-21-30/h7-16,19-21,31,33H,6,17-18,22H2,1-5H3. The Morgan fingerprint density at radius 1 is 1.04 bits per heavy atom. The van der Waals surface area contributed by atoms with E-state index in [1.165, 1.54) is 18.2 Å². The zero-order valence-corrected chi connectivity index (χ0v) is 26.6. The molecular weight excluding hydrogens is 588 g/mol. The number of nitro groups is 1. The Morgan fingerprint density at radius 2 is 1.80 bits per heavy atom. The number of ether oxygens (including phenoxy) is 3. The molecule has 11 heteroatoms. The summed E-state index contributed by atoms with van der Waals surface area (Å²) in [6.45, 7) is 8.39. The van der Waals surface area contributed by atoms with Crippen molar-refractivity contribution in [2.75, 3.05) is 33.4 Å². The molecule has 240 valence electrons. The van der Waals surface area contributed by atoms with Gasteiger partial charge in [-0.2, -0.15) is 0 Å². The number of pyridine rings is 1. The number of carbonyl (C=O) groups excluding carboxylic acids is 2. The maximum atomic E-state index is 13.6. The lowest BCUT2D eigenvalue weighted by molar-refractivity contribution is -0.384. The number of hydrogen-bond donors (Lipinski definition) is 0. The monoisotopic (exact) mass is 626 g/mol. The van der Waals surface area contributed by atoms with Crippen molar-refractivity contribution in [1.82, 2.24) is 9.88 Å². The lowest BCUT2D eigenvalue weighted by Crippen LogP contribution is -2.37. The van der Waals surface area contributed by atoms with E-state index in [-0.39, 0.29) is 24.5 Å². The molecule has 0 amide bonds. The fourth-order valence-corrected chi connectivity index (χ4v) is 5.41. The molecule has 46 heavy (non-hydrogen) atoms. The molecule has 1 aliphatic heterocycles. The number of hydrogen-bond acceptors (Lipinski definition) is 10. The SMILES string of the molecule is CCOC(=O)C1C(C)=NC(C)=C(C(=O)OCCN(C)CC(C)=Cc2ccc(Oc3cccnc3)cc2)C1c1cccc([N+](=O)[O-])c1. The van der Waals surface area contributed by atoms with Gasteiger partial charge in [0, 0.05) is 48.7 Å². The van der Waals surface area contributed by atoms with Crippen LogP contribution in [0.15, 0.2) is 94.9 Å². The first-order chi connectivity index (χ1) is 22.1. The van der Waals surface area contributed by atoms with Crippen LogP contribution < -0.4 is 4.74 Å². The first-order valence-electron chi connectivity index (χ1n) is 14.9. The first-order valence-corrected chi connectivity index (χ1v) is 14.9. The smallest absolute Gasteiger partial charge is 0.336 e. The Kier molecular flexibility index (Phi) is 11.5. The van der Waals surface area contributed by atoms with Crippen LogP contribution in [-0.4, -0.2) is 65.8 Å². The van der Waals surface area contributed by atoms with Crippen molar-refractivity contribution < 1.29 is 28.7 Å². The highest BCUT2D eigenvalue weighted by Crippen LogP contribution is 2.41. The molecule has 11 nitrogen and oxygen atoms in total. The van der Waals surface area contributed by atoms with Gasteiger partial charge in [-0.25, -0.2) is 4.79 Å². The Hall–Kier alpha value is -5.16. The summed E-state index contributed by atoms with van der Waals surface area (Å²) in [5.41, 5.74) is 3.44. The average Bonchev–Trinajstić information content (AvgIpc) is 3.02. The number of allylic oxidation sites excluding steroid dienone is 1. The van der Waals surface area contributed by atoms with E-state index in [1.54, 1.807) is 39.2 Å². The van der Waals surface area contributed by atoms with Crippen molar-refractivity contribution in [1.29, 1.82) is 0 Å². The summed E-state index contributed by atoms with van der Waals surface area (Å²) in [7, 11) is 1.93. The van der Waals surface area contributed by atoms with Gasteiger partial charge in [0.25, 0.3) is 5.69 Å². The maximum Gasteiger partial charge on any atom is 0.336 e. The summed E-state index contributed by atoms with van der Waals surface area (Å²) in [5, 5.41) is 11.5. The molecule has 2 heterocycles. The normalized spacial score (nSPS) is 16.6. The first kappa shape index (κ1) is 33.7. The van der Waals surface area contributed by atoms with E-state index in [9.17, 15) is 19.7 Å². The van der Waals surface area contributed by atoms with E-state index >= 15 is 0 Å². The number of aromatic nitrogens is 1. The van der Waals surface area contributed by atoms with Crippen LogP contribution in [0.2, 0.25) is 0 Å². The largest absolute Gasteiger partial charge is 0.465 e. The summed E-state index contributed by atoms with van der Waals surface area (Å²) in [4.78, 5) is 48.2. The minimum Gasteiger partial charge on any atom is -0.465 e. The molecule has 0 aliphatic carbocycles. The van der Waals surface area contributed by atoms with Crippen molar-refractivity contribution in [3.8, 4) is 11.5 Å². The Morgan fingerprint density at radius 3 is 2.48 bits per heavy atom. The fourth-order valence-electron chi connectivity index (χ4n) is 5.41. The van der Waals surface area contributed by atoms with Crippen LogP contribution in [0, 0.1) is 16.0 Å². The summed E-state index contributed by atoms with van der Waals surface area (Å²) in [6.07, 6.45) is 5.42. The molecule has 2 atom stereocenters. The van der Waals surface area contributed by atoms with E-state index in [0.717, 1.165) is 11.1 Å². The van der Waals surface area contributed by atoms with Gasteiger partial charge in [0.2, 0.25) is 0 Å². The minimum absolute atomic E-state index is 0.0915. The highest BCUT2D eigenvalue weighted by atomic mass is 16.6. The number of nitrogens with zero attached hydrogens (tertiary/aromatic N) is 4. The van der Waals surface area contributed by atoms with Crippen LogP contribution >= 0.6 is 0 Å². The topological polar surface area (TPSA) is 133 Å². The van der Waals surface area contributed by atoms with Gasteiger partial charge >= 0.3 is 11.9 Å². The van der Waals surface area contributed by atoms with E-state index in [2.05, 4.69) is 16.1 Å². The fraction of sp³-hybridized carbons (Fsp3) is 0.314. The number of non-ortho nitro benzene ring substituents is 1. The molecular formula is C35H38N4O7. The third kappa shape index (κ3) is 8.72. The summed E-state index contributed by atoms with van der Waals surface area (Å²) < 4.78 is 16.8. The van der Waals surface area contributed by atoms with Gasteiger partial charge in [-0.05, 0) is 70.1 Å². The van der Waals surface area contributed by atoms with Gasteiger partial charge in [0.1, 0.15) is 24.0 Å². The predicted octanol–water partition coefficient (Wildman–Crippen LogP) is 6.37. The summed E-state index contributed by atoms with van der Waals surface area (Å²) in [5.74, 6) is -1.59. The van der Waals surface area contributed by atoms with Gasteiger partial charge < -0.3 is 14.2 Å². The van der Waals surface area contributed by atoms with Crippen LogP contribution in [0.1, 0.15) is 44.7 Å². The van der Waals surface area contributed by atoms with E-state index in [4.69, 9.17) is 14.2 Å². The highest BCUT2D eigenvalue weighted by molar-refractivity contribution is 6.07. The molecule has 0 bridgehead atoms. The zero-order valence-electron chi connectivity index (χ0n) is 26.6. The van der Waals surface area contributed by atoms with Crippen LogP contribution in [0.25, 0.3) is 6.08 Å². The number of benzene rings is 2. The van der Waals surface area contributed by atoms with Gasteiger partial charge in [0.05, 0.1) is 23.3 Å². The van der Waals surface area contributed by atoms with Gasteiger partial charge in [-0.15, -0.1) is 0 Å². The molecule has 0 saturated carbocycles. The van der Waals surface area contributed by atoms with Crippen LogP contribution in [0.5, 0.6) is 11.5 Å². The summed E-state index contributed by atoms with van der Waals surface area (Å²) >= 11 is 0. The van der Waals surface area contributed by atoms with Gasteiger partial charge in [-0.3, -0.25) is 29.8 Å². The second-order valence-corrected chi connectivity index (χ2v) is 11.0. The second kappa shape index (κ2) is 15.7. The van der Waals surface area contributed by atoms with E-state index in [1.807, 2.05) is 55.3 Å². The molecule has 1 aromatic heterocycles. The Balaban J connectivity index is 1.41. The number of likely N-dealkylation sites (N-methyl/N-ethyl adjacent to an activating group) is 1. The van der Waals surface area contributed by atoms with Crippen molar-refractivity contribution in [2.45, 2.75) is 33.6 Å². The maximum absolute atomic E-state index is 13.6. The third-order valence-electron chi connectivity index (χ3n) is 7.42. The molecule has 2 unspecified atom stereocenters. The quantitative estimate of drug-likeness (QED) is 0.120. The molecule has 3 aromatic rings. The number of rotatable bonds is 13. The molecule has 4 rings (SSSR count). The molecule has 1 aliphatic rings. The van der Waals surface area contributed by atoms with Crippen LogP contribution in [0.4, 0.5) is 5.69 Å². The Bertz CT molecular complexity index is 1650. The molecule has 2 aromatic carbocycles. The van der Waals surface area contributed by atoms with E-state index < -0.39 is 28.7 Å². The minimum atomic E-state index is -0.931. The van der Waals surface area contributed by atoms with Crippen molar-refractivity contribution in [3.05, 3.63) is 111 Å². The molecule has 0 spiro atoms. The number of aliphatic imine (C=N–C) groups is 1. The summed E-state index contributed by atoms with van der Waals surface area (Å²) in [6, 6.07) is 17.3. The van der Waals surface area contributed by atoms with Crippen molar-refractivity contribution in [2.24, 2.45) is 10.9 Å². The third-order valence-corrected chi connectivity index (χ3v) is 7.42. The zero-order chi connectivity index (χ0) is 33.2. The number of carbonyl (C=O) groups is 2. The lowest BCUT2D eigenvalue weighted by atomic mass is 9.75. The molecule has 0 radical (unpaired) electrons.